The molecule has 3 atom stereocenters. The number of pyridine rings is 1. The van der Waals surface area contributed by atoms with E-state index in [4.69, 9.17) is 0 Å². The van der Waals surface area contributed by atoms with Gasteiger partial charge in [-0.3, -0.25) is 5.32 Å². The first-order valence-corrected chi connectivity index (χ1v) is 11.4. The highest BCUT2D eigenvalue weighted by Gasteiger charge is 2.44. The van der Waals surface area contributed by atoms with Crippen molar-refractivity contribution in [1.82, 2.24) is 24.2 Å². The largest absolute Gasteiger partial charge is 0.370 e. The molecule has 0 radical (unpaired) electrons. The summed E-state index contributed by atoms with van der Waals surface area (Å²) in [7, 11) is 5.81. The van der Waals surface area contributed by atoms with Gasteiger partial charge in [-0.2, -0.15) is 14.6 Å². The van der Waals surface area contributed by atoms with Crippen molar-refractivity contribution in [3.05, 3.63) is 24.0 Å². The smallest absolute Gasteiger partial charge is 0.323 e. The molecule has 32 heavy (non-hydrogen) atoms. The number of H-pyrrole nitrogens is 1. The van der Waals surface area contributed by atoms with Gasteiger partial charge in [-0.25, -0.2) is 9.78 Å². The second-order valence-electron chi connectivity index (χ2n) is 8.76. The van der Waals surface area contributed by atoms with Crippen molar-refractivity contribution in [2.75, 3.05) is 49.3 Å². The van der Waals surface area contributed by atoms with Crippen LogP contribution < -0.4 is 15.1 Å². The first-order chi connectivity index (χ1) is 15.4. The number of hydrogen-bond acceptors (Lipinski definition) is 8. The van der Waals surface area contributed by atoms with E-state index in [0.717, 1.165) is 42.7 Å². The Bertz CT molecular complexity index is 1180. The topological polar surface area (TPSA) is 117 Å². The highest BCUT2D eigenvalue weighted by atomic mass is 32.1. The van der Waals surface area contributed by atoms with Crippen LogP contribution in [0.5, 0.6) is 0 Å². The normalized spacial score (nSPS) is 22.1. The number of nitrogens with zero attached hydrogens (tertiary/aromatic N) is 7. The molecule has 3 aromatic rings. The number of aromatic amines is 1. The SMILES string of the molecule is CN(C)c1nsc(NC(=O)N2CC3C[C@@H](N(C)c4c(C#N)cnc5[nH]ccc45)C[C@@H]3C2)n1. The number of aromatic nitrogens is 4. The first kappa shape index (κ1) is 20.5. The van der Waals surface area contributed by atoms with Gasteiger partial charge in [0.1, 0.15) is 11.7 Å². The molecule has 1 aliphatic heterocycles. The monoisotopic (exact) mass is 451 g/mol. The van der Waals surface area contributed by atoms with Crippen molar-refractivity contribution in [3.8, 4) is 6.07 Å². The van der Waals surface area contributed by atoms with Crippen LogP contribution in [0.4, 0.5) is 21.6 Å². The number of carbonyl (C=O) groups excluding carboxylic acids is 1. The van der Waals surface area contributed by atoms with Gasteiger partial charge in [0, 0.05) is 69.6 Å². The standard InChI is InChI=1S/C21H25N9OS/c1-28(2)19-25-20(32-27-19)26-21(31)30-10-12-6-15(7-13(12)11-30)29(3)17-14(8-22)9-24-18-16(17)4-5-23-18/h4-5,9,12-13,15H,6-7,10-11H2,1-3H3,(H,23,24)(H,25,26,27,31)/t12-,13?,15+/m1/s1. The fraction of sp³-hybridized carbons (Fsp3) is 0.476. The highest BCUT2D eigenvalue weighted by molar-refractivity contribution is 7.10. The van der Waals surface area contributed by atoms with E-state index in [-0.39, 0.29) is 6.03 Å². The predicted octanol–water partition coefficient (Wildman–Crippen LogP) is 2.73. The maximum absolute atomic E-state index is 12.7. The summed E-state index contributed by atoms with van der Waals surface area (Å²) in [5.41, 5.74) is 2.32. The van der Waals surface area contributed by atoms with Crippen molar-refractivity contribution in [3.63, 3.8) is 0 Å². The summed E-state index contributed by atoms with van der Waals surface area (Å²) < 4.78 is 4.23. The van der Waals surface area contributed by atoms with Gasteiger partial charge in [0.15, 0.2) is 0 Å². The molecule has 1 aliphatic carbocycles. The van der Waals surface area contributed by atoms with E-state index in [1.165, 1.54) is 11.5 Å². The third-order valence-corrected chi connectivity index (χ3v) is 7.24. The number of nitrogens with one attached hydrogen (secondary N) is 2. The molecule has 1 saturated heterocycles. The lowest BCUT2D eigenvalue weighted by Crippen LogP contribution is -2.36. The molecule has 2 fully saturated rings. The van der Waals surface area contributed by atoms with Crippen molar-refractivity contribution in [2.45, 2.75) is 18.9 Å². The Hall–Kier alpha value is -3.39. The Labute approximate surface area is 190 Å². The van der Waals surface area contributed by atoms with E-state index < -0.39 is 0 Å². The van der Waals surface area contributed by atoms with Crippen molar-refractivity contribution in [1.29, 1.82) is 5.26 Å². The molecule has 4 heterocycles. The summed E-state index contributed by atoms with van der Waals surface area (Å²) in [6.45, 7) is 1.47. The fourth-order valence-corrected chi connectivity index (χ4v) is 5.63. The van der Waals surface area contributed by atoms with E-state index >= 15 is 0 Å². The maximum atomic E-state index is 12.7. The quantitative estimate of drug-likeness (QED) is 0.626. The second-order valence-corrected chi connectivity index (χ2v) is 9.51. The Kier molecular flexibility index (Phi) is 5.09. The molecule has 11 heteroatoms. The number of nitriles is 1. The molecule has 0 bridgehead atoms. The van der Waals surface area contributed by atoms with Crippen LogP contribution in [0.25, 0.3) is 11.0 Å². The molecule has 10 nitrogen and oxygen atoms in total. The summed E-state index contributed by atoms with van der Waals surface area (Å²) >= 11 is 1.19. The number of likely N-dealkylation sites (tertiary alicyclic amines) is 1. The number of urea groups is 1. The highest BCUT2D eigenvalue weighted by Crippen LogP contribution is 2.42. The van der Waals surface area contributed by atoms with Gasteiger partial charge in [-0.05, 0) is 30.7 Å². The number of amides is 2. The van der Waals surface area contributed by atoms with Crippen LogP contribution in [-0.4, -0.2) is 70.5 Å². The minimum atomic E-state index is -0.110. The van der Waals surface area contributed by atoms with Crippen LogP contribution >= 0.6 is 11.5 Å². The minimum Gasteiger partial charge on any atom is -0.370 e. The van der Waals surface area contributed by atoms with Crippen molar-refractivity contribution >= 4 is 45.4 Å². The zero-order valence-electron chi connectivity index (χ0n) is 18.2. The van der Waals surface area contributed by atoms with Crippen LogP contribution in [0, 0.1) is 23.2 Å². The van der Waals surface area contributed by atoms with Gasteiger partial charge in [0.25, 0.3) is 0 Å². The summed E-state index contributed by atoms with van der Waals surface area (Å²) in [4.78, 5) is 30.5. The Balaban J connectivity index is 1.25. The molecule has 166 valence electrons. The van der Waals surface area contributed by atoms with E-state index in [1.807, 2.05) is 36.2 Å². The number of hydrogen-bond donors (Lipinski definition) is 2. The molecule has 5 rings (SSSR count). The number of anilines is 3. The molecule has 0 aromatic carbocycles. The second kappa shape index (κ2) is 7.94. The zero-order chi connectivity index (χ0) is 22.4. The van der Waals surface area contributed by atoms with Gasteiger partial charge in [0.05, 0.1) is 11.3 Å². The molecular weight excluding hydrogens is 426 g/mol. The molecule has 0 spiro atoms. The Morgan fingerprint density at radius 1 is 1.31 bits per heavy atom. The third-order valence-electron chi connectivity index (χ3n) is 6.62. The lowest BCUT2D eigenvalue weighted by molar-refractivity contribution is 0.218. The van der Waals surface area contributed by atoms with Gasteiger partial charge in [0.2, 0.25) is 11.1 Å². The molecular formula is C21H25N9OS. The van der Waals surface area contributed by atoms with E-state index in [9.17, 15) is 10.1 Å². The average molecular weight is 452 g/mol. The Morgan fingerprint density at radius 3 is 2.72 bits per heavy atom. The lowest BCUT2D eigenvalue weighted by atomic mass is 10.0. The summed E-state index contributed by atoms with van der Waals surface area (Å²) in [6.07, 6.45) is 5.48. The molecule has 2 aliphatic rings. The van der Waals surface area contributed by atoms with Crippen LogP contribution in [0.15, 0.2) is 18.5 Å². The zero-order valence-corrected chi connectivity index (χ0v) is 19.1. The first-order valence-electron chi connectivity index (χ1n) is 10.6. The molecule has 2 amide bonds. The number of rotatable bonds is 4. The summed E-state index contributed by atoms with van der Waals surface area (Å²) in [6, 6.07) is 4.49. The van der Waals surface area contributed by atoms with E-state index in [1.54, 1.807) is 6.20 Å². The lowest BCUT2D eigenvalue weighted by Gasteiger charge is -2.29. The molecule has 1 saturated carbocycles. The van der Waals surface area contributed by atoms with Gasteiger partial charge in [-0.15, -0.1) is 0 Å². The maximum Gasteiger partial charge on any atom is 0.323 e. The van der Waals surface area contributed by atoms with E-state index in [2.05, 4.69) is 42.7 Å². The fourth-order valence-electron chi connectivity index (χ4n) is 5.01. The predicted molar refractivity (Wildman–Crippen MR) is 124 cm³/mol. The van der Waals surface area contributed by atoms with Crippen LogP contribution in [0.1, 0.15) is 18.4 Å². The molecule has 3 aromatic heterocycles. The Morgan fingerprint density at radius 2 is 2.06 bits per heavy atom. The van der Waals surface area contributed by atoms with Gasteiger partial charge in [-0.1, -0.05) is 0 Å². The number of carbonyl (C=O) groups is 1. The summed E-state index contributed by atoms with van der Waals surface area (Å²) in [5.74, 6) is 1.50. The average Bonchev–Trinajstić information content (AvgIpc) is 3.54. The number of fused-ring (bicyclic) bond motifs is 2. The molecule has 2 N–H and O–H groups in total. The van der Waals surface area contributed by atoms with Crippen LogP contribution in [0.2, 0.25) is 0 Å². The summed E-state index contributed by atoms with van der Waals surface area (Å²) in [5, 5.41) is 14.0. The van der Waals surface area contributed by atoms with Crippen molar-refractivity contribution in [2.24, 2.45) is 11.8 Å². The molecule has 1 unspecified atom stereocenters. The van der Waals surface area contributed by atoms with E-state index in [0.29, 0.717) is 34.5 Å². The van der Waals surface area contributed by atoms with Gasteiger partial charge >= 0.3 is 6.03 Å². The van der Waals surface area contributed by atoms with Crippen LogP contribution in [0.3, 0.4) is 0 Å². The van der Waals surface area contributed by atoms with Gasteiger partial charge < -0.3 is 19.7 Å². The third kappa shape index (κ3) is 3.50. The van der Waals surface area contributed by atoms with Crippen LogP contribution in [-0.2, 0) is 0 Å². The minimum absolute atomic E-state index is 0.110. The van der Waals surface area contributed by atoms with Crippen molar-refractivity contribution < 1.29 is 4.79 Å².